The first-order chi connectivity index (χ1) is 10.2. The van der Waals surface area contributed by atoms with Crippen molar-refractivity contribution in [2.24, 2.45) is 0 Å². The third kappa shape index (κ3) is 2.37. The predicted molar refractivity (Wildman–Crippen MR) is 80.3 cm³/mol. The maximum atomic E-state index is 12.5. The van der Waals surface area contributed by atoms with Crippen molar-refractivity contribution in [2.75, 3.05) is 7.11 Å². The lowest BCUT2D eigenvalue weighted by atomic mass is 9.79. The molecule has 1 heterocycles. The number of hydrogen-bond donors (Lipinski definition) is 1. The fourth-order valence-electron chi connectivity index (χ4n) is 3.56. The maximum Gasteiger partial charge on any atom is 0.326 e. The van der Waals surface area contributed by atoms with Crippen LogP contribution in [0.1, 0.15) is 38.5 Å². The van der Waals surface area contributed by atoms with Gasteiger partial charge in [-0.1, -0.05) is 31.4 Å². The summed E-state index contributed by atoms with van der Waals surface area (Å²) in [6, 6.07) is 7.64. The first-order valence-electron chi connectivity index (χ1n) is 7.43. The SMILES string of the molecule is COC(=O)CC1(n2c(=O)[nH]c3ccccc32)CCCCC1. The Bertz CT molecular complexity index is 708. The number of carbonyl (C=O) groups excluding carboxylic acids is 1. The molecule has 1 aliphatic rings. The van der Waals surface area contributed by atoms with E-state index in [4.69, 9.17) is 4.74 Å². The summed E-state index contributed by atoms with van der Waals surface area (Å²) in [7, 11) is 1.40. The molecule has 1 aliphatic carbocycles. The number of methoxy groups -OCH3 is 1. The highest BCUT2D eigenvalue weighted by Gasteiger charge is 2.38. The zero-order valence-electron chi connectivity index (χ0n) is 12.2. The van der Waals surface area contributed by atoms with Gasteiger partial charge in [-0.15, -0.1) is 0 Å². The van der Waals surface area contributed by atoms with Crippen LogP contribution < -0.4 is 5.69 Å². The highest BCUT2D eigenvalue weighted by molar-refractivity contribution is 5.76. The van der Waals surface area contributed by atoms with Crippen LogP contribution in [-0.2, 0) is 15.1 Å². The van der Waals surface area contributed by atoms with Crippen molar-refractivity contribution < 1.29 is 9.53 Å². The molecule has 0 amide bonds. The summed E-state index contributed by atoms with van der Waals surface area (Å²) < 4.78 is 6.65. The second-order valence-corrected chi connectivity index (χ2v) is 5.82. The number of nitrogens with zero attached hydrogens (tertiary/aromatic N) is 1. The molecule has 1 aromatic heterocycles. The summed E-state index contributed by atoms with van der Waals surface area (Å²) in [6.07, 6.45) is 5.14. The van der Waals surface area contributed by atoms with Crippen LogP contribution in [0.15, 0.2) is 29.1 Å². The number of ether oxygens (including phenoxy) is 1. The van der Waals surface area contributed by atoms with Crippen molar-refractivity contribution in [1.29, 1.82) is 0 Å². The summed E-state index contributed by atoms with van der Waals surface area (Å²) in [5.41, 5.74) is 1.09. The molecule has 21 heavy (non-hydrogen) atoms. The highest BCUT2D eigenvalue weighted by Crippen LogP contribution is 2.38. The number of hydrogen-bond acceptors (Lipinski definition) is 3. The Balaban J connectivity index is 2.16. The molecule has 0 radical (unpaired) electrons. The van der Waals surface area contributed by atoms with Crippen molar-refractivity contribution in [3.05, 3.63) is 34.7 Å². The van der Waals surface area contributed by atoms with Gasteiger partial charge in [0.2, 0.25) is 0 Å². The Morgan fingerprint density at radius 1 is 1.29 bits per heavy atom. The lowest BCUT2D eigenvalue weighted by Crippen LogP contribution is -2.43. The Morgan fingerprint density at radius 2 is 2.00 bits per heavy atom. The van der Waals surface area contributed by atoms with Crippen molar-refractivity contribution in [1.82, 2.24) is 9.55 Å². The number of para-hydroxylation sites is 2. The molecular formula is C16H20N2O3. The molecule has 0 saturated heterocycles. The van der Waals surface area contributed by atoms with Crippen molar-refractivity contribution in [2.45, 2.75) is 44.1 Å². The smallest absolute Gasteiger partial charge is 0.326 e. The number of imidazole rings is 1. The monoisotopic (exact) mass is 288 g/mol. The average molecular weight is 288 g/mol. The van der Waals surface area contributed by atoms with Crippen LogP contribution in [0.4, 0.5) is 0 Å². The zero-order chi connectivity index (χ0) is 14.9. The molecule has 0 atom stereocenters. The Hall–Kier alpha value is -2.04. The van der Waals surface area contributed by atoms with Crippen molar-refractivity contribution in [3.8, 4) is 0 Å². The molecule has 1 N–H and O–H groups in total. The second kappa shape index (κ2) is 5.39. The quantitative estimate of drug-likeness (QED) is 0.883. The molecule has 1 aromatic carbocycles. The van der Waals surface area contributed by atoms with Gasteiger partial charge >= 0.3 is 11.7 Å². The van der Waals surface area contributed by atoms with E-state index in [1.54, 1.807) is 4.57 Å². The molecule has 2 aromatic rings. The number of benzene rings is 1. The molecule has 5 nitrogen and oxygen atoms in total. The number of carbonyl (C=O) groups is 1. The minimum absolute atomic E-state index is 0.137. The van der Waals surface area contributed by atoms with Crippen molar-refractivity contribution in [3.63, 3.8) is 0 Å². The lowest BCUT2D eigenvalue weighted by molar-refractivity contribution is -0.143. The zero-order valence-corrected chi connectivity index (χ0v) is 12.2. The van der Waals surface area contributed by atoms with E-state index < -0.39 is 5.54 Å². The van der Waals surface area contributed by atoms with Crippen LogP contribution in [0.25, 0.3) is 11.0 Å². The number of aromatic nitrogens is 2. The number of fused-ring (bicyclic) bond motifs is 1. The summed E-state index contributed by atoms with van der Waals surface area (Å²) >= 11 is 0. The summed E-state index contributed by atoms with van der Waals surface area (Å²) in [5, 5.41) is 0. The van der Waals surface area contributed by atoms with Crippen LogP contribution in [0.3, 0.4) is 0 Å². The van der Waals surface area contributed by atoms with Crippen LogP contribution in [0.5, 0.6) is 0 Å². The van der Waals surface area contributed by atoms with Gasteiger partial charge in [-0.3, -0.25) is 9.36 Å². The van der Waals surface area contributed by atoms with Gasteiger partial charge in [0.25, 0.3) is 0 Å². The first kappa shape index (κ1) is 13.9. The molecule has 1 saturated carbocycles. The van der Waals surface area contributed by atoms with Crippen LogP contribution in [0.2, 0.25) is 0 Å². The Kier molecular flexibility index (Phi) is 3.57. The minimum atomic E-state index is -0.456. The largest absolute Gasteiger partial charge is 0.469 e. The standard InChI is InChI=1S/C16H20N2O3/c1-21-14(19)11-16(9-5-2-6-10-16)18-13-8-4-3-7-12(13)17-15(18)20/h3-4,7-8H,2,5-6,9-11H2,1H3,(H,17,20). The third-order valence-electron chi connectivity index (χ3n) is 4.55. The van der Waals surface area contributed by atoms with Gasteiger partial charge in [-0.05, 0) is 25.0 Å². The topological polar surface area (TPSA) is 64.1 Å². The van der Waals surface area contributed by atoms with E-state index in [0.717, 1.165) is 43.1 Å². The molecule has 3 rings (SSSR count). The highest BCUT2D eigenvalue weighted by atomic mass is 16.5. The van der Waals surface area contributed by atoms with Gasteiger partial charge in [0.15, 0.2) is 0 Å². The molecular weight excluding hydrogens is 268 g/mol. The van der Waals surface area contributed by atoms with Crippen LogP contribution >= 0.6 is 0 Å². The average Bonchev–Trinajstić information content (AvgIpc) is 2.84. The molecule has 0 aliphatic heterocycles. The van der Waals surface area contributed by atoms with Gasteiger partial charge in [0.1, 0.15) is 0 Å². The van der Waals surface area contributed by atoms with E-state index in [1.165, 1.54) is 7.11 Å². The number of rotatable bonds is 3. The molecule has 112 valence electrons. The first-order valence-corrected chi connectivity index (χ1v) is 7.43. The second-order valence-electron chi connectivity index (χ2n) is 5.82. The molecule has 5 heteroatoms. The fraction of sp³-hybridized carbons (Fsp3) is 0.500. The van der Waals surface area contributed by atoms with Gasteiger partial charge < -0.3 is 9.72 Å². The predicted octanol–water partition coefficient (Wildman–Crippen LogP) is 2.55. The minimum Gasteiger partial charge on any atom is -0.469 e. The molecule has 1 fully saturated rings. The lowest BCUT2D eigenvalue weighted by Gasteiger charge is -2.37. The Morgan fingerprint density at radius 3 is 2.71 bits per heavy atom. The fourth-order valence-corrected chi connectivity index (χ4v) is 3.56. The van der Waals surface area contributed by atoms with E-state index in [0.29, 0.717) is 0 Å². The van der Waals surface area contributed by atoms with E-state index in [1.807, 2.05) is 24.3 Å². The van der Waals surface area contributed by atoms with Crippen molar-refractivity contribution >= 4 is 17.0 Å². The van der Waals surface area contributed by atoms with Gasteiger partial charge in [0, 0.05) is 0 Å². The summed E-state index contributed by atoms with van der Waals surface area (Å²) in [6.45, 7) is 0. The maximum absolute atomic E-state index is 12.5. The van der Waals surface area contributed by atoms with E-state index in [9.17, 15) is 9.59 Å². The summed E-state index contributed by atoms with van der Waals surface area (Å²) in [4.78, 5) is 27.2. The number of H-pyrrole nitrogens is 1. The number of nitrogens with one attached hydrogen (secondary N) is 1. The van der Waals surface area contributed by atoms with Crippen LogP contribution in [0, 0.1) is 0 Å². The summed E-state index contributed by atoms with van der Waals surface area (Å²) in [5.74, 6) is -0.255. The van der Waals surface area contributed by atoms with E-state index in [2.05, 4.69) is 4.98 Å². The van der Waals surface area contributed by atoms with Gasteiger partial charge in [-0.25, -0.2) is 4.79 Å². The van der Waals surface area contributed by atoms with E-state index >= 15 is 0 Å². The Labute approximate surface area is 122 Å². The number of esters is 1. The van der Waals surface area contributed by atoms with Gasteiger partial charge in [-0.2, -0.15) is 0 Å². The van der Waals surface area contributed by atoms with Crippen LogP contribution in [-0.4, -0.2) is 22.6 Å². The van der Waals surface area contributed by atoms with E-state index in [-0.39, 0.29) is 18.1 Å². The third-order valence-corrected chi connectivity index (χ3v) is 4.55. The molecule has 0 unspecified atom stereocenters. The molecule has 0 spiro atoms. The normalized spacial score (nSPS) is 17.8. The molecule has 0 bridgehead atoms. The van der Waals surface area contributed by atoms with Gasteiger partial charge in [0.05, 0.1) is 30.1 Å². The number of aromatic amines is 1.